The van der Waals surface area contributed by atoms with Crippen LogP contribution in [0.3, 0.4) is 0 Å². The fourth-order valence-corrected chi connectivity index (χ4v) is 3.69. The smallest absolute Gasteiger partial charge is 0.347 e. The molecule has 110 valence electrons. The van der Waals surface area contributed by atoms with Crippen LogP contribution in [0.5, 0.6) is 0 Å². The number of thiophene rings is 1. The van der Waals surface area contributed by atoms with E-state index in [0.29, 0.717) is 10.7 Å². The molecule has 8 heteroatoms. The molecule has 0 aliphatic rings. The van der Waals surface area contributed by atoms with Gasteiger partial charge >= 0.3 is 5.97 Å². The third-order valence-corrected chi connectivity index (χ3v) is 5.18. The predicted molar refractivity (Wildman–Crippen MR) is 86.7 cm³/mol. The van der Waals surface area contributed by atoms with Crippen LogP contribution >= 0.6 is 38.6 Å². The van der Waals surface area contributed by atoms with E-state index in [1.807, 2.05) is 12.1 Å². The van der Waals surface area contributed by atoms with Crippen LogP contribution in [0.25, 0.3) is 6.08 Å². The Hall–Kier alpha value is -1.51. The quantitative estimate of drug-likeness (QED) is 0.772. The van der Waals surface area contributed by atoms with E-state index in [0.717, 1.165) is 20.0 Å². The highest BCUT2D eigenvalue weighted by Gasteiger charge is 2.13. The van der Waals surface area contributed by atoms with Gasteiger partial charge in [-0.2, -0.15) is 0 Å². The molecule has 0 unspecified atom stereocenters. The molecule has 2 rings (SSSR count). The van der Waals surface area contributed by atoms with E-state index in [1.54, 1.807) is 13.0 Å². The van der Waals surface area contributed by atoms with E-state index in [2.05, 4.69) is 26.2 Å². The van der Waals surface area contributed by atoms with Gasteiger partial charge in [0, 0.05) is 11.0 Å². The van der Waals surface area contributed by atoms with Crippen LogP contribution < -0.4 is 5.32 Å². The van der Waals surface area contributed by atoms with Crippen molar-refractivity contribution in [3.05, 3.63) is 42.5 Å². The number of nitrogens with zero attached hydrogens (tertiary/aromatic N) is 1. The maximum absolute atomic E-state index is 11.7. The van der Waals surface area contributed by atoms with E-state index in [1.165, 1.54) is 17.4 Å². The molecule has 0 radical (unpaired) electrons. The fourth-order valence-electron chi connectivity index (χ4n) is 1.52. The van der Waals surface area contributed by atoms with E-state index < -0.39 is 5.97 Å². The number of carbonyl (C=O) groups is 2. The maximum Gasteiger partial charge on any atom is 0.347 e. The van der Waals surface area contributed by atoms with Gasteiger partial charge in [0.05, 0.1) is 16.0 Å². The molecule has 2 heterocycles. The zero-order valence-corrected chi connectivity index (χ0v) is 14.1. The minimum Gasteiger partial charge on any atom is -0.477 e. The highest BCUT2D eigenvalue weighted by Crippen LogP contribution is 2.23. The Morgan fingerprint density at radius 3 is 2.76 bits per heavy atom. The second kappa shape index (κ2) is 6.97. The molecule has 0 saturated heterocycles. The van der Waals surface area contributed by atoms with Crippen LogP contribution in [0.2, 0.25) is 0 Å². The lowest BCUT2D eigenvalue weighted by molar-refractivity contribution is -0.116. The van der Waals surface area contributed by atoms with Crippen molar-refractivity contribution in [1.29, 1.82) is 0 Å². The summed E-state index contributed by atoms with van der Waals surface area (Å²) in [7, 11) is 0. The van der Waals surface area contributed by atoms with Crippen LogP contribution in [-0.2, 0) is 11.3 Å². The second-order valence-corrected chi connectivity index (χ2v) is 7.60. The summed E-state index contributed by atoms with van der Waals surface area (Å²) in [6.07, 6.45) is 3.16. The number of hydrogen-bond donors (Lipinski definition) is 2. The highest BCUT2D eigenvalue weighted by atomic mass is 79.9. The van der Waals surface area contributed by atoms with Crippen LogP contribution in [-0.4, -0.2) is 22.0 Å². The van der Waals surface area contributed by atoms with Gasteiger partial charge in [-0.25, -0.2) is 9.78 Å². The zero-order chi connectivity index (χ0) is 15.4. The molecular weight excluding hydrogens is 376 g/mol. The number of carbonyl (C=O) groups excluding carboxylic acids is 1. The first kappa shape index (κ1) is 15.9. The van der Waals surface area contributed by atoms with Crippen molar-refractivity contribution in [2.45, 2.75) is 13.5 Å². The Balaban J connectivity index is 1.90. The summed E-state index contributed by atoms with van der Waals surface area (Å²) in [5.41, 5.74) is 0.468. The number of thiazole rings is 1. The van der Waals surface area contributed by atoms with E-state index in [-0.39, 0.29) is 17.3 Å². The molecule has 0 aromatic carbocycles. The summed E-state index contributed by atoms with van der Waals surface area (Å²) in [5, 5.41) is 12.2. The first-order valence-electron chi connectivity index (χ1n) is 5.86. The van der Waals surface area contributed by atoms with Crippen molar-refractivity contribution in [3.63, 3.8) is 0 Å². The van der Waals surface area contributed by atoms with Gasteiger partial charge in [-0.15, -0.1) is 22.7 Å². The number of halogens is 1. The van der Waals surface area contributed by atoms with Crippen molar-refractivity contribution in [2.75, 3.05) is 0 Å². The van der Waals surface area contributed by atoms with Crippen LogP contribution in [0.1, 0.15) is 25.3 Å². The second-order valence-electron chi connectivity index (χ2n) is 4.02. The summed E-state index contributed by atoms with van der Waals surface area (Å²) >= 11 is 5.95. The van der Waals surface area contributed by atoms with Crippen molar-refractivity contribution in [2.24, 2.45) is 0 Å². The number of nitrogens with one attached hydrogen (secondary N) is 1. The van der Waals surface area contributed by atoms with Crippen molar-refractivity contribution in [3.8, 4) is 0 Å². The largest absolute Gasteiger partial charge is 0.477 e. The van der Waals surface area contributed by atoms with Gasteiger partial charge in [0.15, 0.2) is 0 Å². The van der Waals surface area contributed by atoms with E-state index in [4.69, 9.17) is 5.11 Å². The number of aromatic nitrogens is 1. The summed E-state index contributed by atoms with van der Waals surface area (Å²) in [6, 6.07) is 3.82. The van der Waals surface area contributed by atoms with E-state index in [9.17, 15) is 9.59 Å². The molecule has 0 saturated carbocycles. The highest BCUT2D eigenvalue weighted by molar-refractivity contribution is 9.11. The number of amides is 1. The van der Waals surface area contributed by atoms with Crippen LogP contribution in [0.15, 0.2) is 22.0 Å². The Morgan fingerprint density at radius 2 is 2.19 bits per heavy atom. The number of rotatable bonds is 5. The van der Waals surface area contributed by atoms with Gasteiger partial charge in [0.1, 0.15) is 9.88 Å². The topological polar surface area (TPSA) is 79.3 Å². The lowest BCUT2D eigenvalue weighted by Gasteiger charge is -1.97. The first-order valence-corrected chi connectivity index (χ1v) is 8.29. The molecule has 0 bridgehead atoms. The predicted octanol–water partition coefficient (Wildman–Crippen LogP) is 3.30. The Kier molecular flexibility index (Phi) is 5.27. The summed E-state index contributed by atoms with van der Waals surface area (Å²) in [4.78, 5) is 27.9. The molecule has 2 aromatic heterocycles. The first-order chi connectivity index (χ1) is 9.95. The molecular formula is C13H11BrN2O3S2. The van der Waals surface area contributed by atoms with Crippen molar-refractivity contribution in [1.82, 2.24) is 10.3 Å². The van der Waals surface area contributed by atoms with Gasteiger partial charge in [-0.1, -0.05) is 0 Å². The molecule has 1 amide bonds. The van der Waals surface area contributed by atoms with Crippen molar-refractivity contribution < 1.29 is 14.7 Å². The number of aryl methyl sites for hydroxylation is 1. The van der Waals surface area contributed by atoms with Gasteiger partial charge in [-0.05, 0) is 41.1 Å². The van der Waals surface area contributed by atoms with Gasteiger partial charge < -0.3 is 10.4 Å². The molecule has 5 nitrogen and oxygen atoms in total. The minimum atomic E-state index is -0.995. The number of hydrogen-bond acceptors (Lipinski definition) is 5. The fraction of sp³-hybridized carbons (Fsp3) is 0.154. The SMILES string of the molecule is Cc1nc(CNC(=O)C=Cc2ccc(Br)s2)sc1C(=O)O. The summed E-state index contributed by atoms with van der Waals surface area (Å²) < 4.78 is 1.00. The molecule has 2 aromatic rings. The Labute approximate surface area is 137 Å². The molecule has 0 aliphatic carbocycles. The molecule has 0 fully saturated rings. The number of aromatic carboxylic acids is 1. The average molecular weight is 387 g/mol. The molecule has 0 aliphatic heterocycles. The van der Waals surface area contributed by atoms with Crippen molar-refractivity contribution >= 4 is 56.6 Å². The number of carboxylic acids is 1. The minimum absolute atomic E-state index is 0.207. The van der Waals surface area contributed by atoms with Gasteiger partial charge in [-0.3, -0.25) is 4.79 Å². The Morgan fingerprint density at radius 1 is 1.43 bits per heavy atom. The van der Waals surface area contributed by atoms with Crippen LogP contribution in [0.4, 0.5) is 0 Å². The third-order valence-electron chi connectivity index (χ3n) is 2.44. The summed E-state index contributed by atoms with van der Waals surface area (Å²) in [6.45, 7) is 1.86. The summed E-state index contributed by atoms with van der Waals surface area (Å²) in [5.74, 6) is -1.24. The average Bonchev–Trinajstić information content (AvgIpc) is 3.00. The normalized spacial score (nSPS) is 11.0. The van der Waals surface area contributed by atoms with Crippen LogP contribution in [0, 0.1) is 6.92 Å². The van der Waals surface area contributed by atoms with E-state index >= 15 is 0 Å². The lowest BCUT2D eigenvalue weighted by atomic mass is 10.4. The van der Waals surface area contributed by atoms with Gasteiger partial charge in [0.2, 0.25) is 5.91 Å². The zero-order valence-electron chi connectivity index (χ0n) is 10.9. The lowest BCUT2D eigenvalue weighted by Crippen LogP contribution is -2.20. The monoisotopic (exact) mass is 386 g/mol. The standard InChI is InChI=1S/C13H11BrN2O3S2/c1-7-12(13(18)19)21-11(16-7)6-15-10(17)5-3-8-2-4-9(14)20-8/h2-5H,6H2,1H3,(H,15,17)(H,18,19). The molecule has 0 spiro atoms. The van der Waals surface area contributed by atoms with Gasteiger partial charge in [0.25, 0.3) is 0 Å². The molecule has 0 atom stereocenters. The molecule has 2 N–H and O–H groups in total. The number of carboxylic acid groups (broad SMARTS) is 1. The maximum atomic E-state index is 11.7. The Bertz CT molecular complexity index is 706. The molecule has 21 heavy (non-hydrogen) atoms. The third kappa shape index (κ3) is 4.48.